The lowest BCUT2D eigenvalue weighted by Crippen LogP contribution is -2.22. The van der Waals surface area contributed by atoms with Crippen LogP contribution in [0.15, 0.2) is 29.2 Å². The number of ketones is 1. The van der Waals surface area contributed by atoms with Crippen LogP contribution < -0.4 is 0 Å². The van der Waals surface area contributed by atoms with Crippen molar-refractivity contribution in [3.8, 4) is 0 Å². The first-order valence-electron chi connectivity index (χ1n) is 9.15. The van der Waals surface area contributed by atoms with Gasteiger partial charge in [-0.3, -0.25) is 4.79 Å². The number of carbonyl (C=O) groups is 2. The highest BCUT2D eigenvalue weighted by molar-refractivity contribution is 7.89. The third-order valence-electron chi connectivity index (χ3n) is 4.97. The Morgan fingerprint density at radius 3 is 2.41 bits per heavy atom. The van der Waals surface area contributed by atoms with Gasteiger partial charge in [-0.15, -0.1) is 0 Å². The van der Waals surface area contributed by atoms with Gasteiger partial charge in [0.1, 0.15) is 0 Å². The first-order valence-corrected chi connectivity index (χ1v) is 11.0. The number of ether oxygens (including phenoxy) is 1. The Kier molecular flexibility index (Phi) is 5.89. The molecule has 0 aliphatic heterocycles. The highest BCUT2D eigenvalue weighted by Gasteiger charge is 2.29. The number of benzene rings is 1. The lowest BCUT2D eigenvalue weighted by molar-refractivity contribution is 0.0474. The molecule has 1 heterocycles. The van der Waals surface area contributed by atoms with Gasteiger partial charge in [-0.25, -0.2) is 17.5 Å². The van der Waals surface area contributed by atoms with E-state index in [4.69, 9.17) is 16.3 Å². The monoisotopic (exact) mass is 438 g/mol. The van der Waals surface area contributed by atoms with Crippen LogP contribution in [0.5, 0.6) is 0 Å². The van der Waals surface area contributed by atoms with Crippen molar-refractivity contribution in [1.29, 1.82) is 0 Å². The Balaban J connectivity index is 1.76. The fourth-order valence-electron chi connectivity index (χ4n) is 3.27. The van der Waals surface area contributed by atoms with Crippen LogP contribution in [0.4, 0.5) is 0 Å². The molecule has 156 valence electrons. The molecule has 1 fully saturated rings. The van der Waals surface area contributed by atoms with Crippen molar-refractivity contribution in [2.45, 2.75) is 37.6 Å². The number of halogens is 1. The normalized spacial score (nSPS) is 14.3. The molecule has 0 bridgehead atoms. The fourth-order valence-corrected chi connectivity index (χ4v) is 4.40. The van der Waals surface area contributed by atoms with Gasteiger partial charge in [0.25, 0.3) is 0 Å². The van der Waals surface area contributed by atoms with Crippen molar-refractivity contribution in [2.75, 3.05) is 20.7 Å². The number of carbonyl (C=O) groups excluding carboxylic acids is 2. The number of hydrogen-bond donors (Lipinski definition) is 0. The van der Waals surface area contributed by atoms with E-state index in [1.54, 1.807) is 6.07 Å². The van der Waals surface area contributed by atoms with E-state index in [1.807, 2.05) is 13.8 Å². The predicted octanol–water partition coefficient (Wildman–Crippen LogP) is 3.38. The first kappa shape index (κ1) is 21.5. The summed E-state index contributed by atoms with van der Waals surface area (Å²) in [5, 5.41) is 0.0482. The van der Waals surface area contributed by atoms with Crippen molar-refractivity contribution in [2.24, 2.45) is 0 Å². The minimum atomic E-state index is -3.74. The molecule has 9 heteroatoms. The summed E-state index contributed by atoms with van der Waals surface area (Å²) in [4.78, 5) is 25.0. The predicted molar refractivity (Wildman–Crippen MR) is 109 cm³/mol. The molecule has 29 heavy (non-hydrogen) atoms. The molecule has 3 rings (SSSR count). The Morgan fingerprint density at radius 1 is 1.17 bits per heavy atom. The van der Waals surface area contributed by atoms with E-state index in [0.29, 0.717) is 11.6 Å². The molecule has 1 saturated carbocycles. The number of hydrogen-bond acceptors (Lipinski definition) is 5. The molecular formula is C20H23ClN2O5S. The zero-order chi connectivity index (χ0) is 21.5. The highest BCUT2D eigenvalue weighted by atomic mass is 35.5. The summed E-state index contributed by atoms with van der Waals surface area (Å²) >= 11 is 6.05. The molecule has 0 radical (unpaired) electrons. The van der Waals surface area contributed by atoms with Crippen LogP contribution in [-0.4, -0.2) is 49.7 Å². The van der Waals surface area contributed by atoms with E-state index in [9.17, 15) is 18.0 Å². The minimum absolute atomic E-state index is 0.0482. The Labute approximate surface area is 175 Å². The van der Waals surface area contributed by atoms with Crippen LogP contribution in [0.25, 0.3) is 0 Å². The molecule has 7 nitrogen and oxygen atoms in total. The second kappa shape index (κ2) is 7.93. The molecule has 1 aliphatic rings. The van der Waals surface area contributed by atoms with Crippen LogP contribution >= 0.6 is 11.6 Å². The van der Waals surface area contributed by atoms with Crippen LogP contribution in [0.3, 0.4) is 0 Å². The molecule has 1 aliphatic carbocycles. The van der Waals surface area contributed by atoms with Gasteiger partial charge in [-0.2, -0.15) is 0 Å². The van der Waals surface area contributed by atoms with Gasteiger partial charge >= 0.3 is 5.97 Å². The standard InChI is InChI=1S/C20H23ClN2O5S/c1-12-9-16(13(2)23(12)14-5-6-14)19(24)11-28-20(25)17-10-15(7-8-18(17)21)29(26,27)22(3)4/h7-10,14H,5-6,11H2,1-4H3. The number of Topliss-reactive ketones (excluding diaryl/α,β-unsaturated/α-hetero) is 1. The summed E-state index contributed by atoms with van der Waals surface area (Å²) in [6.07, 6.45) is 2.20. The third-order valence-corrected chi connectivity index (χ3v) is 7.11. The van der Waals surface area contributed by atoms with Gasteiger partial charge in [0.2, 0.25) is 15.8 Å². The quantitative estimate of drug-likeness (QED) is 0.488. The van der Waals surface area contributed by atoms with Crippen molar-refractivity contribution < 1.29 is 22.7 Å². The van der Waals surface area contributed by atoms with Crippen LogP contribution in [0, 0.1) is 13.8 Å². The number of rotatable bonds is 7. The third kappa shape index (κ3) is 4.24. The Bertz CT molecular complexity index is 1080. The average molecular weight is 439 g/mol. The van der Waals surface area contributed by atoms with E-state index in [0.717, 1.165) is 34.6 Å². The van der Waals surface area contributed by atoms with Crippen molar-refractivity contribution in [1.82, 2.24) is 8.87 Å². The average Bonchev–Trinajstić information content (AvgIpc) is 3.44. The number of nitrogens with zero attached hydrogens (tertiary/aromatic N) is 2. The molecule has 0 amide bonds. The molecule has 0 atom stereocenters. The molecule has 0 spiro atoms. The Hall–Kier alpha value is -2.16. The Morgan fingerprint density at radius 2 is 1.83 bits per heavy atom. The minimum Gasteiger partial charge on any atom is -0.454 e. The van der Waals surface area contributed by atoms with E-state index in [2.05, 4.69) is 4.57 Å². The molecule has 2 aromatic rings. The molecule has 0 N–H and O–H groups in total. The number of aromatic nitrogens is 1. The van der Waals surface area contributed by atoms with Gasteiger partial charge in [0.15, 0.2) is 6.61 Å². The van der Waals surface area contributed by atoms with E-state index in [1.165, 1.54) is 26.2 Å². The highest BCUT2D eigenvalue weighted by Crippen LogP contribution is 2.38. The smallest absolute Gasteiger partial charge is 0.340 e. The van der Waals surface area contributed by atoms with Crippen molar-refractivity contribution in [3.05, 3.63) is 51.8 Å². The van der Waals surface area contributed by atoms with E-state index in [-0.39, 0.29) is 21.3 Å². The van der Waals surface area contributed by atoms with Gasteiger partial charge in [-0.1, -0.05) is 11.6 Å². The number of aryl methyl sites for hydroxylation is 1. The fraction of sp³-hybridized carbons (Fsp3) is 0.400. The summed E-state index contributed by atoms with van der Waals surface area (Å²) < 4.78 is 32.9. The molecule has 0 saturated heterocycles. The zero-order valence-corrected chi connectivity index (χ0v) is 18.3. The summed E-state index contributed by atoms with van der Waals surface area (Å²) in [5.41, 5.74) is 2.29. The van der Waals surface area contributed by atoms with Crippen LogP contribution in [0.1, 0.15) is 51.0 Å². The lowest BCUT2D eigenvalue weighted by atomic mass is 10.1. The maximum absolute atomic E-state index is 12.6. The largest absolute Gasteiger partial charge is 0.454 e. The van der Waals surface area contributed by atoms with E-state index >= 15 is 0 Å². The SMILES string of the molecule is Cc1cc(C(=O)COC(=O)c2cc(S(=O)(=O)N(C)C)ccc2Cl)c(C)n1C1CC1. The summed E-state index contributed by atoms with van der Waals surface area (Å²) in [6, 6.07) is 6.04. The summed E-state index contributed by atoms with van der Waals surface area (Å²) in [6.45, 7) is 3.38. The van der Waals surface area contributed by atoms with Gasteiger partial charge in [0, 0.05) is 37.1 Å². The van der Waals surface area contributed by atoms with Crippen LogP contribution in [-0.2, 0) is 14.8 Å². The van der Waals surface area contributed by atoms with Gasteiger partial charge in [-0.05, 0) is 51.0 Å². The van der Waals surface area contributed by atoms with Gasteiger partial charge < -0.3 is 9.30 Å². The topological polar surface area (TPSA) is 85.7 Å². The van der Waals surface area contributed by atoms with Crippen LogP contribution in [0.2, 0.25) is 5.02 Å². The zero-order valence-electron chi connectivity index (χ0n) is 16.7. The van der Waals surface area contributed by atoms with Crippen molar-refractivity contribution >= 4 is 33.4 Å². The first-order chi connectivity index (χ1) is 13.5. The maximum atomic E-state index is 12.6. The maximum Gasteiger partial charge on any atom is 0.340 e. The van der Waals surface area contributed by atoms with Gasteiger partial charge in [0.05, 0.1) is 15.5 Å². The lowest BCUT2D eigenvalue weighted by Gasteiger charge is -2.13. The molecule has 0 unspecified atom stereocenters. The number of sulfonamides is 1. The molecule has 1 aromatic carbocycles. The summed E-state index contributed by atoms with van der Waals surface area (Å²) in [5.74, 6) is -1.17. The molecular weight excluding hydrogens is 416 g/mol. The molecule has 1 aromatic heterocycles. The van der Waals surface area contributed by atoms with Crippen molar-refractivity contribution in [3.63, 3.8) is 0 Å². The summed E-state index contributed by atoms with van der Waals surface area (Å²) in [7, 11) is -0.961. The second-order valence-corrected chi connectivity index (χ2v) is 9.87. The van der Waals surface area contributed by atoms with E-state index < -0.39 is 22.6 Å². The second-order valence-electron chi connectivity index (χ2n) is 7.31. The number of esters is 1.